The fourth-order valence-corrected chi connectivity index (χ4v) is 3.11. The van der Waals surface area contributed by atoms with Gasteiger partial charge in [0, 0.05) is 25.7 Å². The van der Waals surface area contributed by atoms with Crippen LogP contribution in [0.25, 0.3) is 0 Å². The number of nitrogens with zero attached hydrogens (tertiary/aromatic N) is 3. The third kappa shape index (κ3) is 3.93. The van der Waals surface area contributed by atoms with Gasteiger partial charge in [0.15, 0.2) is 12.0 Å². The lowest BCUT2D eigenvalue weighted by Gasteiger charge is -2.16. The zero-order valence-corrected chi connectivity index (χ0v) is 15.1. The van der Waals surface area contributed by atoms with E-state index >= 15 is 0 Å². The van der Waals surface area contributed by atoms with Crippen LogP contribution in [0.3, 0.4) is 0 Å². The molecule has 0 aliphatic rings. The highest BCUT2D eigenvalue weighted by Gasteiger charge is 2.22. The molecule has 0 radical (unpaired) electrons. The summed E-state index contributed by atoms with van der Waals surface area (Å²) in [5.41, 5.74) is 4.46. The van der Waals surface area contributed by atoms with E-state index in [1.807, 2.05) is 13.8 Å². The Morgan fingerprint density at radius 1 is 1.36 bits per heavy atom. The summed E-state index contributed by atoms with van der Waals surface area (Å²) in [4.78, 5) is 37.1. The molecule has 0 atom stereocenters. The van der Waals surface area contributed by atoms with Gasteiger partial charge in [-0.1, -0.05) is 13.8 Å². The molecule has 2 N–H and O–H groups in total. The molecule has 0 fully saturated rings. The molecule has 134 valence electrons. The molecule has 0 saturated carbocycles. The van der Waals surface area contributed by atoms with Gasteiger partial charge in [-0.05, 0) is 23.7 Å². The Labute approximate surface area is 148 Å². The summed E-state index contributed by atoms with van der Waals surface area (Å²) in [6, 6.07) is 4.83. The molecular weight excluding hydrogens is 344 g/mol. The third-order valence-corrected chi connectivity index (χ3v) is 4.57. The van der Waals surface area contributed by atoms with Gasteiger partial charge in [-0.25, -0.2) is 4.79 Å². The molecule has 0 aliphatic heterocycles. The Kier molecular flexibility index (Phi) is 5.68. The molecule has 25 heavy (non-hydrogen) atoms. The minimum Gasteiger partial charge on any atom is -0.618 e. The number of thioether (sulfide) groups is 1. The number of pyridine rings is 1. The molecule has 2 aromatic rings. The molecule has 9 heteroatoms. The van der Waals surface area contributed by atoms with E-state index in [0.29, 0.717) is 16.3 Å². The number of Topliss-reactive ketones (excluding diaryl/α,β-unsaturated/α-hetero) is 1. The van der Waals surface area contributed by atoms with Gasteiger partial charge < -0.3 is 10.9 Å². The topological polar surface area (TPSA) is 114 Å². The summed E-state index contributed by atoms with van der Waals surface area (Å²) in [6.45, 7) is 4.10. The highest BCUT2D eigenvalue weighted by Crippen LogP contribution is 2.16. The molecule has 0 aromatic carbocycles. The number of ketones is 1. The normalized spacial score (nSPS) is 11.0. The van der Waals surface area contributed by atoms with Crippen LogP contribution in [0.5, 0.6) is 0 Å². The minimum atomic E-state index is -0.726. The molecule has 2 rings (SSSR count). The van der Waals surface area contributed by atoms with Crippen molar-refractivity contribution < 1.29 is 9.52 Å². The number of hydrogen-bond donors (Lipinski definition) is 1. The number of hydrogen-bond acceptors (Lipinski definition) is 6. The Morgan fingerprint density at radius 2 is 2.04 bits per heavy atom. The maximum atomic E-state index is 12.5. The number of carbonyl (C=O) groups excluding carboxylic acids is 1. The van der Waals surface area contributed by atoms with Crippen molar-refractivity contribution in [3.05, 3.63) is 56.0 Å². The molecule has 0 aliphatic carbocycles. The van der Waals surface area contributed by atoms with Crippen molar-refractivity contribution in [1.29, 1.82) is 0 Å². The number of nitrogens with two attached hydrogens (primary N) is 1. The van der Waals surface area contributed by atoms with Crippen LogP contribution in [0.2, 0.25) is 0 Å². The fraction of sp³-hybridized carbons (Fsp3) is 0.375. The summed E-state index contributed by atoms with van der Waals surface area (Å²) in [5, 5.41) is 12.0. The largest absolute Gasteiger partial charge is 0.618 e. The second kappa shape index (κ2) is 7.56. The summed E-state index contributed by atoms with van der Waals surface area (Å²) in [5.74, 6) is -0.676. The molecule has 0 unspecified atom stereocenters. The average Bonchev–Trinajstić information content (AvgIpc) is 2.56. The lowest BCUT2D eigenvalue weighted by Crippen LogP contribution is -2.43. The van der Waals surface area contributed by atoms with Crippen LogP contribution in [-0.2, 0) is 13.6 Å². The number of carbonyl (C=O) groups is 1. The van der Waals surface area contributed by atoms with Gasteiger partial charge in [0.05, 0.1) is 5.75 Å². The second-order valence-electron chi connectivity index (χ2n) is 5.99. The number of rotatable bonds is 6. The number of nitrogen functional groups attached to an aromatic ring is 1. The van der Waals surface area contributed by atoms with Crippen molar-refractivity contribution in [2.45, 2.75) is 25.4 Å². The third-order valence-electron chi connectivity index (χ3n) is 3.55. The molecule has 0 spiro atoms. The maximum Gasteiger partial charge on any atom is 0.332 e. The number of anilines is 1. The Morgan fingerprint density at radius 3 is 2.64 bits per heavy atom. The zero-order chi connectivity index (χ0) is 18.7. The highest BCUT2D eigenvalue weighted by atomic mass is 32.2. The molecule has 8 nitrogen and oxygen atoms in total. The van der Waals surface area contributed by atoms with E-state index in [9.17, 15) is 19.6 Å². The lowest BCUT2D eigenvalue weighted by molar-refractivity contribution is -0.645. The SMILES string of the molecule is CC(C)Cn1c(N)c(C(=O)CSc2cccc[n+]2[O-])c(=O)n(C)c1=O. The van der Waals surface area contributed by atoms with Gasteiger partial charge in [-0.2, -0.15) is 4.73 Å². The maximum absolute atomic E-state index is 12.5. The van der Waals surface area contributed by atoms with E-state index in [1.165, 1.54) is 17.8 Å². The molecule has 2 heterocycles. The molecule has 0 bridgehead atoms. The van der Waals surface area contributed by atoms with Crippen molar-refractivity contribution in [1.82, 2.24) is 9.13 Å². The summed E-state index contributed by atoms with van der Waals surface area (Å²) in [6.07, 6.45) is 1.32. The van der Waals surface area contributed by atoms with Crippen LogP contribution >= 0.6 is 11.8 Å². The van der Waals surface area contributed by atoms with E-state index in [-0.39, 0.29) is 23.1 Å². The van der Waals surface area contributed by atoms with Crippen LogP contribution in [-0.4, -0.2) is 20.7 Å². The van der Waals surface area contributed by atoms with Crippen molar-refractivity contribution in [3.63, 3.8) is 0 Å². The predicted octanol–water partition coefficient (Wildman–Crippen LogP) is 0.394. The fourth-order valence-electron chi connectivity index (χ4n) is 2.32. The van der Waals surface area contributed by atoms with E-state index in [0.717, 1.165) is 16.3 Å². The molecule has 0 amide bonds. The smallest absolute Gasteiger partial charge is 0.332 e. The first kappa shape index (κ1) is 18.8. The van der Waals surface area contributed by atoms with Crippen molar-refractivity contribution in [2.75, 3.05) is 11.5 Å². The average molecular weight is 364 g/mol. The Hall–Kier alpha value is -2.55. The lowest BCUT2D eigenvalue weighted by atomic mass is 10.2. The zero-order valence-electron chi connectivity index (χ0n) is 14.3. The van der Waals surface area contributed by atoms with Crippen LogP contribution in [0, 0.1) is 11.1 Å². The van der Waals surface area contributed by atoms with E-state index in [4.69, 9.17) is 5.73 Å². The van der Waals surface area contributed by atoms with Gasteiger partial charge in [0.2, 0.25) is 0 Å². The van der Waals surface area contributed by atoms with Crippen LogP contribution in [0.15, 0.2) is 39.0 Å². The first-order valence-corrected chi connectivity index (χ1v) is 8.66. The van der Waals surface area contributed by atoms with E-state index in [1.54, 1.807) is 18.2 Å². The molecular formula is C16H20N4O4S. The predicted molar refractivity (Wildman–Crippen MR) is 95.6 cm³/mol. The van der Waals surface area contributed by atoms with E-state index in [2.05, 4.69) is 0 Å². The van der Waals surface area contributed by atoms with Crippen molar-refractivity contribution in [3.8, 4) is 0 Å². The van der Waals surface area contributed by atoms with Gasteiger partial charge in [-0.3, -0.25) is 18.7 Å². The molecule has 2 aromatic heterocycles. The quantitative estimate of drug-likeness (QED) is 0.343. The van der Waals surface area contributed by atoms with Crippen molar-refractivity contribution in [2.24, 2.45) is 13.0 Å². The van der Waals surface area contributed by atoms with Crippen LogP contribution in [0.4, 0.5) is 5.82 Å². The molecule has 0 saturated heterocycles. The van der Waals surface area contributed by atoms with E-state index < -0.39 is 17.0 Å². The monoisotopic (exact) mass is 364 g/mol. The first-order valence-electron chi connectivity index (χ1n) is 7.67. The standard InChI is InChI=1S/C16H20N4O4S/c1-10(2)8-19-14(17)13(15(22)18(3)16(19)23)11(21)9-25-12-6-4-5-7-20(12)24/h4-7,10H,8-9,17H2,1-3H3. The van der Waals surface area contributed by atoms with Gasteiger partial charge >= 0.3 is 5.69 Å². The first-order chi connectivity index (χ1) is 11.7. The van der Waals surface area contributed by atoms with Gasteiger partial charge in [0.1, 0.15) is 11.4 Å². The second-order valence-corrected chi connectivity index (χ2v) is 6.98. The minimum absolute atomic E-state index is 0.110. The highest BCUT2D eigenvalue weighted by molar-refractivity contribution is 7.99. The summed E-state index contributed by atoms with van der Waals surface area (Å²) in [7, 11) is 1.31. The Bertz CT molecular complexity index is 917. The van der Waals surface area contributed by atoms with Crippen LogP contribution < -0.4 is 21.7 Å². The van der Waals surface area contributed by atoms with Gasteiger partial charge in [0.25, 0.3) is 10.6 Å². The van der Waals surface area contributed by atoms with Crippen LogP contribution in [0.1, 0.15) is 24.2 Å². The summed E-state index contributed by atoms with van der Waals surface area (Å²) >= 11 is 1.01. The summed E-state index contributed by atoms with van der Waals surface area (Å²) < 4.78 is 2.76. The van der Waals surface area contributed by atoms with Gasteiger partial charge in [-0.15, -0.1) is 0 Å². The number of aromatic nitrogens is 3. The van der Waals surface area contributed by atoms with Crippen molar-refractivity contribution >= 4 is 23.4 Å². The Balaban J connectivity index is 2.39.